The van der Waals surface area contributed by atoms with Crippen LogP contribution >= 0.6 is 27.5 Å². The van der Waals surface area contributed by atoms with E-state index in [-0.39, 0.29) is 18.0 Å². The van der Waals surface area contributed by atoms with E-state index in [4.69, 9.17) is 22.1 Å². The van der Waals surface area contributed by atoms with Gasteiger partial charge in [0.15, 0.2) is 0 Å². The fraction of sp³-hybridized carbons (Fsp3) is 0.389. The molecule has 3 N–H and O–H groups in total. The van der Waals surface area contributed by atoms with Crippen LogP contribution in [0, 0.1) is 0 Å². The van der Waals surface area contributed by atoms with Gasteiger partial charge in [-0.3, -0.25) is 0 Å². The number of ether oxygens (including phenoxy) is 1. The molecule has 144 valence electrons. The number of carbonyl (C=O) groups is 1. The number of nitrogens with zero attached hydrogens (tertiary/aromatic N) is 3. The first-order chi connectivity index (χ1) is 12.8. The maximum atomic E-state index is 12.5. The Morgan fingerprint density at radius 3 is 2.85 bits per heavy atom. The second-order valence-electron chi connectivity index (χ2n) is 6.44. The Morgan fingerprint density at radius 2 is 2.19 bits per heavy atom. The number of aromatic nitrogens is 2. The van der Waals surface area contributed by atoms with Gasteiger partial charge in [0.25, 0.3) is 0 Å². The van der Waals surface area contributed by atoms with Crippen molar-refractivity contribution in [2.75, 3.05) is 12.8 Å². The van der Waals surface area contributed by atoms with Crippen LogP contribution in [0.4, 0.5) is 10.7 Å². The Hall–Kier alpha value is -2.06. The van der Waals surface area contributed by atoms with Crippen molar-refractivity contribution in [2.45, 2.75) is 39.4 Å². The van der Waals surface area contributed by atoms with Crippen molar-refractivity contribution in [3.8, 4) is 17.0 Å². The van der Waals surface area contributed by atoms with Crippen LogP contribution in [0.2, 0.25) is 5.02 Å². The van der Waals surface area contributed by atoms with Crippen LogP contribution in [0.15, 0.2) is 16.6 Å². The number of nitrogens with two attached hydrogens (primary N) is 1. The third kappa shape index (κ3) is 3.96. The molecule has 0 fully saturated rings. The molecule has 7 nitrogen and oxygen atoms in total. The molecule has 0 unspecified atom stereocenters. The molecule has 0 spiro atoms. The molecule has 1 aromatic carbocycles. The number of rotatable bonds is 4. The molecule has 2 heterocycles. The molecule has 0 radical (unpaired) electrons. The van der Waals surface area contributed by atoms with Gasteiger partial charge in [0.1, 0.15) is 5.75 Å². The van der Waals surface area contributed by atoms with Crippen LogP contribution < -0.4 is 15.8 Å². The van der Waals surface area contributed by atoms with Crippen molar-refractivity contribution < 1.29 is 9.53 Å². The number of anilines is 1. The Balaban J connectivity index is 2.00. The SMILES string of the molecule is CC[C@@H](C)NC(=O)N1Cc2nc(N)nc(-c3cc(OC)c(Br)cc3Cl)c2C1. The van der Waals surface area contributed by atoms with E-state index in [1.54, 1.807) is 24.1 Å². The van der Waals surface area contributed by atoms with Crippen molar-refractivity contribution in [3.63, 3.8) is 0 Å². The number of methoxy groups -OCH3 is 1. The first-order valence-corrected chi connectivity index (χ1v) is 9.75. The van der Waals surface area contributed by atoms with E-state index in [9.17, 15) is 4.79 Å². The van der Waals surface area contributed by atoms with Gasteiger partial charge < -0.3 is 20.7 Å². The second-order valence-corrected chi connectivity index (χ2v) is 7.70. The lowest BCUT2D eigenvalue weighted by atomic mass is 10.1. The molecule has 0 saturated heterocycles. The second kappa shape index (κ2) is 7.90. The van der Waals surface area contributed by atoms with Gasteiger partial charge in [-0.05, 0) is 41.4 Å². The lowest BCUT2D eigenvalue weighted by Crippen LogP contribution is -2.41. The molecule has 3 rings (SSSR count). The van der Waals surface area contributed by atoms with Crippen LogP contribution in [-0.2, 0) is 13.1 Å². The number of carbonyl (C=O) groups excluding carboxylic acids is 1. The van der Waals surface area contributed by atoms with E-state index in [0.29, 0.717) is 35.1 Å². The predicted molar refractivity (Wildman–Crippen MR) is 109 cm³/mol. The summed E-state index contributed by atoms with van der Waals surface area (Å²) < 4.78 is 6.12. The van der Waals surface area contributed by atoms with E-state index in [1.807, 2.05) is 13.8 Å². The van der Waals surface area contributed by atoms with Crippen LogP contribution in [0.1, 0.15) is 31.5 Å². The van der Waals surface area contributed by atoms with Crippen molar-refractivity contribution in [2.24, 2.45) is 0 Å². The molecule has 9 heteroatoms. The van der Waals surface area contributed by atoms with Gasteiger partial charge in [-0.25, -0.2) is 14.8 Å². The van der Waals surface area contributed by atoms with Gasteiger partial charge in [0, 0.05) is 17.2 Å². The summed E-state index contributed by atoms with van der Waals surface area (Å²) in [5, 5.41) is 3.48. The first-order valence-electron chi connectivity index (χ1n) is 8.58. The third-order valence-corrected chi connectivity index (χ3v) is 5.50. The van der Waals surface area contributed by atoms with Gasteiger partial charge in [-0.15, -0.1) is 0 Å². The number of benzene rings is 1. The molecule has 1 aromatic heterocycles. The van der Waals surface area contributed by atoms with Crippen LogP contribution in [-0.4, -0.2) is 34.1 Å². The Kier molecular flexibility index (Phi) is 5.76. The maximum absolute atomic E-state index is 12.5. The van der Waals surface area contributed by atoms with Gasteiger partial charge in [0.2, 0.25) is 5.95 Å². The largest absolute Gasteiger partial charge is 0.496 e. The van der Waals surface area contributed by atoms with Gasteiger partial charge >= 0.3 is 6.03 Å². The maximum Gasteiger partial charge on any atom is 0.318 e. The van der Waals surface area contributed by atoms with E-state index in [0.717, 1.165) is 22.2 Å². The fourth-order valence-electron chi connectivity index (χ4n) is 2.91. The monoisotopic (exact) mass is 453 g/mol. The third-order valence-electron chi connectivity index (χ3n) is 4.57. The normalized spacial score (nSPS) is 14.0. The zero-order chi connectivity index (χ0) is 19.7. The molecule has 2 aromatic rings. The number of hydrogen-bond acceptors (Lipinski definition) is 5. The molecular weight excluding hydrogens is 434 g/mol. The quantitative estimate of drug-likeness (QED) is 0.729. The molecule has 1 atom stereocenters. The number of urea groups is 1. The number of hydrogen-bond donors (Lipinski definition) is 2. The lowest BCUT2D eigenvalue weighted by Gasteiger charge is -2.19. The minimum absolute atomic E-state index is 0.0991. The van der Waals surface area contributed by atoms with E-state index < -0.39 is 0 Å². The molecular formula is C18H21BrClN5O2. The highest BCUT2D eigenvalue weighted by atomic mass is 79.9. The summed E-state index contributed by atoms with van der Waals surface area (Å²) in [7, 11) is 1.58. The van der Waals surface area contributed by atoms with Crippen LogP contribution in [0.25, 0.3) is 11.3 Å². The van der Waals surface area contributed by atoms with E-state index in [2.05, 4.69) is 31.2 Å². The fourth-order valence-corrected chi connectivity index (χ4v) is 3.80. The summed E-state index contributed by atoms with van der Waals surface area (Å²) in [6, 6.07) is 3.52. The minimum Gasteiger partial charge on any atom is -0.496 e. The molecule has 2 amide bonds. The Labute approximate surface area is 171 Å². The summed E-state index contributed by atoms with van der Waals surface area (Å²) >= 11 is 9.87. The summed E-state index contributed by atoms with van der Waals surface area (Å²) in [6.45, 7) is 4.76. The van der Waals surface area contributed by atoms with Gasteiger partial charge in [-0.1, -0.05) is 18.5 Å². The van der Waals surface area contributed by atoms with E-state index in [1.165, 1.54) is 0 Å². The van der Waals surface area contributed by atoms with Gasteiger partial charge in [-0.2, -0.15) is 0 Å². The standard InChI is InChI=1S/C18H21BrClN5O2/c1-4-9(2)22-18(26)25-7-11-14(8-25)23-17(21)24-16(11)10-5-15(27-3)12(19)6-13(10)20/h5-6,9H,4,7-8H2,1-3H3,(H,22,26)(H2,21,23,24)/t9-/m1/s1. The number of nitrogen functional groups attached to an aromatic ring is 1. The number of fused-ring (bicyclic) bond motifs is 1. The molecule has 1 aliphatic rings. The lowest BCUT2D eigenvalue weighted by molar-refractivity contribution is 0.194. The Bertz CT molecular complexity index is 893. The first kappa shape index (κ1) is 19.7. The highest BCUT2D eigenvalue weighted by Crippen LogP contribution is 2.39. The molecule has 0 bridgehead atoms. The average Bonchev–Trinajstić information content (AvgIpc) is 3.05. The topological polar surface area (TPSA) is 93.4 Å². The summed E-state index contributed by atoms with van der Waals surface area (Å²) in [5.74, 6) is 0.774. The van der Waals surface area contributed by atoms with Crippen molar-refractivity contribution >= 4 is 39.5 Å². The zero-order valence-electron chi connectivity index (χ0n) is 15.3. The van der Waals surface area contributed by atoms with Crippen molar-refractivity contribution in [1.82, 2.24) is 20.2 Å². The summed E-state index contributed by atoms with van der Waals surface area (Å²) in [6.07, 6.45) is 0.860. The van der Waals surface area contributed by atoms with Gasteiger partial charge in [0.05, 0.1) is 41.1 Å². The Morgan fingerprint density at radius 1 is 1.44 bits per heavy atom. The molecule has 0 aliphatic carbocycles. The summed E-state index contributed by atoms with van der Waals surface area (Å²) in [4.78, 5) is 22.9. The highest BCUT2D eigenvalue weighted by Gasteiger charge is 2.30. The zero-order valence-corrected chi connectivity index (χ0v) is 17.7. The van der Waals surface area contributed by atoms with Crippen molar-refractivity contribution in [3.05, 3.63) is 32.9 Å². The van der Waals surface area contributed by atoms with Crippen LogP contribution in [0.5, 0.6) is 5.75 Å². The smallest absolute Gasteiger partial charge is 0.318 e. The average molecular weight is 455 g/mol. The number of nitrogens with one attached hydrogen (secondary N) is 1. The molecule has 1 aliphatic heterocycles. The molecule has 27 heavy (non-hydrogen) atoms. The number of halogens is 2. The molecule has 0 saturated carbocycles. The number of amides is 2. The highest BCUT2D eigenvalue weighted by molar-refractivity contribution is 9.10. The minimum atomic E-state index is -0.133. The van der Waals surface area contributed by atoms with Crippen molar-refractivity contribution in [1.29, 1.82) is 0 Å². The summed E-state index contributed by atoms with van der Waals surface area (Å²) in [5.41, 5.74) is 8.80. The van der Waals surface area contributed by atoms with Crippen LogP contribution in [0.3, 0.4) is 0 Å². The van der Waals surface area contributed by atoms with E-state index >= 15 is 0 Å². The predicted octanol–water partition coefficient (Wildman–Crippen LogP) is 3.97.